The molecule has 0 aromatic carbocycles. The molecule has 0 radical (unpaired) electrons. The van der Waals surface area contributed by atoms with Crippen molar-refractivity contribution in [3.8, 4) is 0 Å². The zero-order valence-corrected chi connectivity index (χ0v) is 12.1. The molecule has 1 heterocycles. The summed E-state index contributed by atoms with van der Waals surface area (Å²) < 4.78 is 0. The quantitative estimate of drug-likeness (QED) is 0.863. The van der Waals surface area contributed by atoms with Gasteiger partial charge in [0.2, 0.25) is 0 Å². The molecule has 2 unspecified atom stereocenters. The number of aliphatic hydroxyl groups is 1. The fourth-order valence-corrected chi connectivity index (χ4v) is 2.26. The van der Waals surface area contributed by atoms with Gasteiger partial charge >= 0.3 is 0 Å². The number of hydrogen-bond acceptors (Lipinski definition) is 5. The molecule has 17 heavy (non-hydrogen) atoms. The molecule has 1 aromatic heterocycles. The highest BCUT2D eigenvalue weighted by Crippen LogP contribution is 2.21. The minimum absolute atomic E-state index is 0.0731. The van der Waals surface area contributed by atoms with Gasteiger partial charge in [-0.1, -0.05) is 11.6 Å². The monoisotopic (exact) mass is 275 g/mol. The molecule has 96 valence electrons. The summed E-state index contributed by atoms with van der Waals surface area (Å²) in [7, 11) is 0. The highest BCUT2D eigenvalue weighted by molar-refractivity contribution is 7.99. The number of anilines is 1. The summed E-state index contributed by atoms with van der Waals surface area (Å²) in [5.74, 6) is 0.578. The minimum Gasteiger partial charge on any atom is -0.395 e. The number of aliphatic hydroxyl groups excluding tert-OH is 1. The van der Waals surface area contributed by atoms with Gasteiger partial charge < -0.3 is 10.4 Å². The van der Waals surface area contributed by atoms with Crippen LogP contribution in [0.2, 0.25) is 5.15 Å². The number of aromatic nitrogens is 2. The van der Waals surface area contributed by atoms with Crippen molar-refractivity contribution >= 4 is 29.2 Å². The third-order valence-electron chi connectivity index (χ3n) is 2.67. The molecule has 0 aliphatic heterocycles. The largest absolute Gasteiger partial charge is 0.395 e. The summed E-state index contributed by atoms with van der Waals surface area (Å²) >= 11 is 7.64. The Morgan fingerprint density at radius 1 is 1.35 bits per heavy atom. The first-order chi connectivity index (χ1) is 7.99. The highest BCUT2D eigenvalue weighted by Gasteiger charge is 2.17. The Kier molecular flexibility index (Phi) is 5.49. The molecule has 0 aliphatic rings. The summed E-state index contributed by atoms with van der Waals surface area (Å²) in [5, 5.41) is 12.9. The molecule has 0 aliphatic carbocycles. The van der Waals surface area contributed by atoms with E-state index >= 15 is 0 Å². The van der Waals surface area contributed by atoms with E-state index in [0.29, 0.717) is 11.0 Å². The Morgan fingerprint density at radius 2 is 1.94 bits per heavy atom. The first kappa shape index (κ1) is 14.5. The molecule has 2 atom stereocenters. The van der Waals surface area contributed by atoms with Crippen LogP contribution in [0.25, 0.3) is 0 Å². The fraction of sp³-hybridized carbons (Fsp3) is 0.636. The minimum atomic E-state index is 0.0731. The van der Waals surface area contributed by atoms with E-state index in [0.717, 1.165) is 11.4 Å². The standard InChI is InChI=1S/C11H18ClN3OS/c1-6-7(2)14-11(10(12)13-6)15-8(3)9(5-16)17-4/h8-9,16H,5H2,1-4H3,(H,14,15). The molecule has 0 saturated carbocycles. The molecule has 0 fully saturated rings. The van der Waals surface area contributed by atoms with Gasteiger partial charge in [0.15, 0.2) is 11.0 Å². The smallest absolute Gasteiger partial charge is 0.171 e. The average molecular weight is 276 g/mol. The van der Waals surface area contributed by atoms with Gasteiger partial charge in [-0.2, -0.15) is 11.8 Å². The van der Waals surface area contributed by atoms with E-state index < -0.39 is 0 Å². The lowest BCUT2D eigenvalue weighted by molar-refractivity contribution is 0.288. The van der Waals surface area contributed by atoms with Gasteiger partial charge in [-0.15, -0.1) is 0 Å². The van der Waals surface area contributed by atoms with Crippen molar-refractivity contribution in [2.75, 3.05) is 18.2 Å². The van der Waals surface area contributed by atoms with Gasteiger partial charge in [-0.05, 0) is 27.0 Å². The lowest BCUT2D eigenvalue weighted by atomic mass is 10.2. The average Bonchev–Trinajstić information content (AvgIpc) is 2.27. The maximum atomic E-state index is 9.21. The number of nitrogens with one attached hydrogen (secondary N) is 1. The fourth-order valence-electron chi connectivity index (χ4n) is 1.41. The Bertz CT molecular complexity index is 385. The molecule has 0 bridgehead atoms. The highest BCUT2D eigenvalue weighted by atomic mass is 35.5. The van der Waals surface area contributed by atoms with Crippen LogP contribution in [0.1, 0.15) is 18.3 Å². The number of rotatable bonds is 5. The predicted octanol–water partition coefficient (Wildman–Crippen LogP) is 2.27. The molecule has 6 heteroatoms. The maximum Gasteiger partial charge on any atom is 0.171 e. The maximum absolute atomic E-state index is 9.21. The summed E-state index contributed by atoms with van der Waals surface area (Å²) in [6, 6.07) is 0.0731. The van der Waals surface area contributed by atoms with Crippen LogP contribution in [0.4, 0.5) is 5.82 Å². The Labute approximate surface area is 111 Å². The van der Waals surface area contributed by atoms with E-state index in [1.807, 2.05) is 27.0 Å². The number of thioether (sulfide) groups is 1. The summed E-state index contributed by atoms with van der Waals surface area (Å²) in [6.45, 7) is 5.88. The molecule has 1 aromatic rings. The molecular weight excluding hydrogens is 258 g/mol. The van der Waals surface area contributed by atoms with Crippen LogP contribution >= 0.6 is 23.4 Å². The Morgan fingerprint density at radius 3 is 2.47 bits per heavy atom. The van der Waals surface area contributed by atoms with Crippen molar-refractivity contribution in [1.29, 1.82) is 0 Å². The van der Waals surface area contributed by atoms with Crippen LogP contribution in [0.15, 0.2) is 0 Å². The second-order valence-corrected chi connectivity index (χ2v) is 5.36. The SMILES string of the molecule is CSC(CO)C(C)Nc1nc(C)c(C)nc1Cl. The first-order valence-electron chi connectivity index (χ1n) is 5.40. The van der Waals surface area contributed by atoms with Crippen LogP contribution in [0.3, 0.4) is 0 Å². The number of halogens is 1. The second-order valence-electron chi connectivity index (χ2n) is 3.92. The first-order valence-corrected chi connectivity index (χ1v) is 7.07. The third kappa shape index (κ3) is 3.72. The second kappa shape index (κ2) is 6.42. The van der Waals surface area contributed by atoms with E-state index in [1.165, 1.54) is 0 Å². The Hall–Kier alpha value is -0.520. The van der Waals surface area contributed by atoms with Gasteiger partial charge in [0, 0.05) is 11.3 Å². The Balaban J connectivity index is 2.84. The van der Waals surface area contributed by atoms with Gasteiger partial charge in [-0.3, -0.25) is 0 Å². The molecular formula is C11H18ClN3OS. The molecule has 0 saturated heterocycles. The van der Waals surface area contributed by atoms with E-state index in [2.05, 4.69) is 15.3 Å². The van der Waals surface area contributed by atoms with Crippen molar-refractivity contribution < 1.29 is 5.11 Å². The van der Waals surface area contributed by atoms with Crippen LogP contribution in [0.5, 0.6) is 0 Å². The van der Waals surface area contributed by atoms with Gasteiger partial charge in [0.05, 0.1) is 18.0 Å². The van der Waals surface area contributed by atoms with E-state index in [1.54, 1.807) is 11.8 Å². The van der Waals surface area contributed by atoms with Crippen molar-refractivity contribution in [3.05, 3.63) is 16.5 Å². The molecule has 1 rings (SSSR count). The molecule has 4 nitrogen and oxygen atoms in total. The normalized spacial score (nSPS) is 14.5. The molecule has 0 amide bonds. The van der Waals surface area contributed by atoms with Gasteiger partial charge in [0.25, 0.3) is 0 Å². The van der Waals surface area contributed by atoms with Crippen LogP contribution in [-0.4, -0.2) is 39.2 Å². The molecule has 0 spiro atoms. The van der Waals surface area contributed by atoms with Crippen LogP contribution in [-0.2, 0) is 0 Å². The summed E-state index contributed by atoms with van der Waals surface area (Å²) in [6.07, 6.45) is 1.97. The number of aryl methyl sites for hydroxylation is 2. The number of hydrogen-bond donors (Lipinski definition) is 2. The summed E-state index contributed by atoms with van der Waals surface area (Å²) in [4.78, 5) is 8.58. The van der Waals surface area contributed by atoms with E-state index in [4.69, 9.17) is 11.6 Å². The lowest BCUT2D eigenvalue weighted by Crippen LogP contribution is -2.31. The van der Waals surface area contributed by atoms with E-state index in [-0.39, 0.29) is 17.9 Å². The van der Waals surface area contributed by atoms with Gasteiger partial charge in [0.1, 0.15) is 0 Å². The van der Waals surface area contributed by atoms with Crippen molar-refractivity contribution in [3.63, 3.8) is 0 Å². The zero-order valence-electron chi connectivity index (χ0n) is 10.5. The van der Waals surface area contributed by atoms with Crippen molar-refractivity contribution in [2.45, 2.75) is 32.1 Å². The molecule has 2 N–H and O–H groups in total. The van der Waals surface area contributed by atoms with E-state index in [9.17, 15) is 5.11 Å². The topological polar surface area (TPSA) is 58.0 Å². The van der Waals surface area contributed by atoms with Crippen molar-refractivity contribution in [2.24, 2.45) is 0 Å². The van der Waals surface area contributed by atoms with Gasteiger partial charge in [-0.25, -0.2) is 9.97 Å². The summed E-state index contributed by atoms with van der Waals surface area (Å²) in [5.41, 5.74) is 1.69. The lowest BCUT2D eigenvalue weighted by Gasteiger charge is -2.22. The number of nitrogens with zero attached hydrogens (tertiary/aromatic N) is 2. The zero-order chi connectivity index (χ0) is 13.0. The van der Waals surface area contributed by atoms with Crippen molar-refractivity contribution in [1.82, 2.24) is 9.97 Å². The van der Waals surface area contributed by atoms with Crippen LogP contribution in [0, 0.1) is 13.8 Å². The predicted molar refractivity (Wildman–Crippen MR) is 74.0 cm³/mol. The third-order valence-corrected chi connectivity index (χ3v) is 4.10. The van der Waals surface area contributed by atoms with Crippen LogP contribution < -0.4 is 5.32 Å².